The van der Waals surface area contributed by atoms with Gasteiger partial charge in [0.1, 0.15) is 17.0 Å². The lowest BCUT2D eigenvalue weighted by atomic mass is 10.0. The van der Waals surface area contributed by atoms with Crippen LogP contribution in [0.5, 0.6) is 0 Å². The van der Waals surface area contributed by atoms with E-state index in [0.717, 1.165) is 60.9 Å². The lowest BCUT2D eigenvalue weighted by Crippen LogP contribution is -1.99. The average Bonchev–Trinajstić information content (AvgIpc) is 3.56. The number of aromatic nitrogens is 4. The van der Waals surface area contributed by atoms with Gasteiger partial charge in [-0.05, 0) is 40.8 Å². The standard InChI is InChI=1S/C36H22N4/c1-2-12-23(13-3-1)29-22-33(37-30-19-9-6-15-25(29)30)39-32-21-11-8-18-28(32)34-36(39)38-35-27-17-5-4-14-24(27)26-16-7-10-20-31(26)40(34)35/h1-22H. The van der Waals surface area contributed by atoms with Crippen LogP contribution in [0, 0.1) is 0 Å². The van der Waals surface area contributed by atoms with Gasteiger partial charge >= 0.3 is 0 Å². The molecular weight excluding hydrogens is 488 g/mol. The smallest absolute Gasteiger partial charge is 0.166 e. The molecule has 9 rings (SSSR count). The Hall–Kier alpha value is -5.48. The summed E-state index contributed by atoms with van der Waals surface area (Å²) in [5.41, 5.74) is 8.50. The van der Waals surface area contributed by atoms with Gasteiger partial charge in [0.15, 0.2) is 5.65 Å². The summed E-state index contributed by atoms with van der Waals surface area (Å²) < 4.78 is 4.57. The fraction of sp³-hybridized carbons (Fsp3) is 0. The van der Waals surface area contributed by atoms with Crippen LogP contribution in [0.2, 0.25) is 0 Å². The summed E-state index contributed by atoms with van der Waals surface area (Å²) in [6.45, 7) is 0. The third-order valence-corrected chi connectivity index (χ3v) is 8.09. The van der Waals surface area contributed by atoms with Gasteiger partial charge in [0.05, 0.1) is 16.6 Å². The maximum absolute atomic E-state index is 5.38. The van der Waals surface area contributed by atoms with Crippen LogP contribution in [-0.2, 0) is 0 Å². The van der Waals surface area contributed by atoms with Crippen LogP contribution < -0.4 is 0 Å². The first-order chi connectivity index (χ1) is 19.9. The number of hydrogen-bond donors (Lipinski definition) is 0. The molecule has 186 valence electrons. The maximum atomic E-state index is 5.38. The summed E-state index contributed by atoms with van der Waals surface area (Å²) in [5.74, 6) is 0.862. The first-order valence-electron chi connectivity index (χ1n) is 13.5. The molecule has 5 aromatic carbocycles. The van der Waals surface area contributed by atoms with E-state index >= 15 is 0 Å². The molecule has 0 unspecified atom stereocenters. The Bertz CT molecular complexity index is 2430. The second-order valence-electron chi connectivity index (χ2n) is 10.3. The van der Waals surface area contributed by atoms with Crippen molar-refractivity contribution in [2.45, 2.75) is 0 Å². The first kappa shape index (κ1) is 21.5. The highest BCUT2D eigenvalue weighted by molar-refractivity contribution is 6.17. The van der Waals surface area contributed by atoms with E-state index in [1.807, 2.05) is 0 Å². The van der Waals surface area contributed by atoms with Gasteiger partial charge in [-0.15, -0.1) is 0 Å². The molecule has 0 N–H and O–H groups in total. The molecule has 4 heterocycles. The summed E-state index contributed by atoms with van der Waals surface area (Å²) in [6, 6.07) is 46.9. The maximum Gasteiger partial charge on any atom is 0.166 e. The molecule has 0 bridgehead atoms. The largest absolute Gasteiger partial charge is 0.289 e. The van der Waals surface area contributed by atoms with E-state index < -0.39 is 0 Å². The number of pyridine rings is 2. The van der Waals surface area contributed by atoms with Crippen molar-refractivity contribution in [3.05, 3.63) is 133 Å². The lowest BCUT2D eigenvalue weighted by molar-refractivity contribution is 1.08. The number of nitrogens with zero attached hydrogens (tertiary/aromatic N) is 4. The minimum atomic E-state index is 0.862. The molecular formula is C36H22N4. The molecule has 4 aromatic heterocycles. The Morgan fingerprint density at radius 3 is 1.90 bits per heavy atom. The van der Waals surface area contributed by atoms with Crippen LogP contribution in [0.1, 0.15) is 0 Å². The number of hydrogen-bond acceptors (Lipinski definition) is 2. The van der Waals surface area contributed by atoms with Gasteiger partial charge < -0.3 is 0 Å². The first-order valence-corrected chi connectivity index (χ1v) is 13.5. The van der Waals surface area contributed by atoms with E-state index in [-0.39, 0.29) is 0 Å². The SMILES string of the molecule is c1ccc(-c2cc(-n3c4ccccc4c4c3nc3c5ccccc5c5ccccc5n34)nc3ccccc23)cc1. The van der Waals surface area contributed by atoms with E-state index in [4.69, 9.17) is 9.97 Å². The highest BCUT2D eigenvalue weighted by Gasteiger charge is 2.22. The molecule has 40 heavy (non-hydrogen) atoms. The molecule has 0 amide bonds. The van der Waals surface area contributed by atoms with Crippen molar-refractivity contribution in [3.63, 3.8) is 0 Å². The average molecular weight is 511 g/mol. The third kappa shape index (κ3) is 2.85. The number of para-hydroxylation sites is 3. The van der Waals surface area contributed by atoms with E-state index in [0.29, 0.717) is 0 Å². The van der Waals surface area contributed by atoms with Gasteiger partial charge in [-0.25, -0.2) is 9.97 Å². The molecule has 0 fully saturated rings. The van der Waals surface area contributed by atoms with Crippen molar-refractivity contribution in [3.8, 4) is 16.9 Å². The van der Waals surface area contributed by atoms with Crippen LogP contribution in [0.4, 0.5) is 0 Å². The van der Waals surface area contributed by atoms with Gasteiger partial charge in [0.2, 0.25) is 0 Å². The predicted octanol–water partition coefficient (Wildman–Crippen LogP) is 8.95. The zero-order valence-corrected chi connectivity index (χ0v) is 21.5. The molecule has 9 aromatic rings. The molecule has 0 radical (unpaired) electrons. The Labute approximate surface area is 229 Å². The monoisotopic (exact) mass is 510 g/mol. The topological polar surface area (TPSA) is 35.1 Å². The van der Waals surface area contributed by atoms with Gasteiger partial charge in [0, 0.05) is 21.5 Å². The van der Waals surface area contributed by atoms with Crippen LogP contribution >= 0.6 is 0 Å². The van der Waals surface area contributed by atoms with Gasteiger partial charge in [-0.2, -0.15) is 0 Å². The molecule has 0 saturated carbocycles. The van der Waals surface area contributed by atoms with Crippen molar-refractivity contribution in [2.75, 3.05) is 0 Å². The molecule has 0 spiro atoms. The Kier molecular flexibility index (Phi) is 4.30. The minimum Gasteiger partial charge on any atom is -0.289 e. The number of benzene rings is 5. The Balaban J connectivity index is 1.49. The molecule has 0 aliphatic heterocycles. The van der Waals surface area contributed by atoms with Crippen molar-refractivity contribution in [2.24, 2.45) is 0 Å². The second-order valence-corrected chi connectivity index (χ2v) is 10.3. The van der Waals surface area contributed by atoms with E-state index in [1.165, 1.54) is 16.3 Å². The second kappa shape index (κ2) is 8.01. The van der Waals surface area contributed by atoms with Crippen LogP contribution in [-0.4, -0.2) is 18.9 Å². The van der Waals surface area contributed by atoms with Gasteiger partial charge in [-0.3, -0.25) is 8.97 Å². The molecule has 0 atom stereocenters. The zero-order chi connectivity index (χ0) is 26.2. The quantitative estimate of drug-likeness (QED) is 0.218. The minimum absolute atomic E-state index is 0.862. The van der Waals surface area contributed by atoms with E-state index in [2.05, 4.69) is 142 Å². The number of fused-ring (bicyclic) bond motifs is 11. The van der Waals surface area contributed by atoms with E-state index in [9.17, 15) is 0 Å². The number of rotatable bonds is 2. The Morgan fingerprint density at radius 2 is 1.07 bits per heavy atom. The van der Waals surface area contributed by atoms with Crippen LogP contribution in [0.15, 0.2) is 133 Å². The number of imidazole rings is 1. The van der Waals surface area contributed by atoms with Crippen molar-refractivity contribution in [1.29, 1.82) is 0 Å². The lowest BCUT2D eigenvalue weighted by Gasteiger charge is -2.12. The van der Waals surface area contributed by atoms with Gasteiger partial charge in [0.25, 0.3) is 0 Å². The van der Waals surface area contributed by atoms with Crippen molar-refractivity contribution in [1.82, 2.24) is 18.9 Å². The summed E-state index contributed by atoms with van der Waals surface area (Å²) in [5, 5.41) is 5.87. The highest BCUT2D eigenvalue weighted by Crippen LogP contribution is 2.38. The van der Waals surface area contributed by atoms with Gasteiger partial charge in [-0.1, -0.05) is 109 Å². The highest BCUT2D eigenvalue weighted by atomic mass is 15.2. The fourth-order valence-electron chi connectivity index (χ4n) is 6.38. The normalized spacial score (nSPS) is 12.0. The molecule has 0 saturated heterocycles. The van der Waals surface area contributed by atoms with Crippen molar-refractivity contribution < 1.29 is 0 Å². The summed E-state index contributed by atoms with van der Waals surface area (Å²) in [7, 11) is 0. The molecule has 4 nitrogen and oxygen atoms in total. The van der Waals surface area contributed by atoms with E-state index in [1.54, 1.807) is 0 Å². The van der Waals surface area contributed by atoms with Crippen LogP contribution in [0.25, 0.3) is 77.2 Å². The summed E-state index contributed by atoms with van der Waals surface area (Å²) >= 11 is 0. The Morgan fingerprint density at radius 1 is 0.450 bits per heavy atom. The zero-order valence-electron chi connectivity index (χ0n) is 21.5. The fourth-order valence-corrected chi connectivity index (χ4v) is 6.38. The molecule has 0 aliphatic carbocycles. The summed E-state index contributed by atoms with van der Waals surface area (Å²) in [6.07, 6.45) is 0. The van der Waals surface area contributed by atoms with Crippen LogP contribution in [0.3, 0.4) is 0 Å². The van der Waals surface area contributed by atoms with Crippen molar-refractivity contribution >= 4 is 60.3 Å². The predicted molar refractivity (Wildman–Crippen MR) is 165 cm³/mol. The summed E-state index contributed by atoms with van der Waals surface area (Å²) in [4.78, 5) is 10.6. The molecule has 4 heteroatoms. The molecule has 0 aliphatic rings. The third-order valence-electron chi connectivity index (χ3n) is 8.09.